The van der Waals surface area contributed by atoms with Crippen molar-refractivity contribution in [1.29, 1.82) is 0 Å². The van der Waals surface area contributed by atoms with Crippen LogP contribution in [-0.2, 0) is 20.5 Å². The summed E-state index contributed by atoms with van der Waals surface area (Å²) in [6.45, 7) is 1.40. The van der Waals surface area contributed by atoms with E-state index < -0.39 is 0 Å². The first kappa shape index (κ1) is 16.3. The van der Waals surface area contributed by atoms with E-state index in [-0.39, 0.29) is 11.6 Å². The Morgan fingerprint density at radius 1 is 1.33 bits per heavy atom. The van der Waals surface area contributed by atoms with Gasteiger partial charge in [-0.25, -0.2) is 9.78 Å². The standard InChI is InChI=1S/C17H23N5O2/c1-20-10-7-18-15(20)11-13-5-3-9-22(12-13)17(24)19-14-6-4-8-21(2)16(14)23/h4,6-8,10,13H,3,5,9,11-12H2,1-2H3,(H,19,24)/t13-/m0/s1. The summed E-state index contributed by atoms with van der Waals surface area (Å²) < 4.78 is 3.47. The van der Waals surface area contributed by atoms with Gasteiger partial charge in [0.05, 0.1) is 0 Å². The third-order valence-electron chi connectivity index (χ3n) is 4.56. The van der Waals surface area contributed by atoms with E-state index in [1.54, 1.807) is 36.5 Å². The molecule has 2 aromatic heterocycles. The second-order valence-corrected chi connectivity index (χ2v) is 6.38. The number of carbonyl (C=O) groups is 1. The van der Waals surface area contributed by atoms with E-state index in [1.807, 2.05) is 17.8 Å². The van der Waals surface area contributed by atoms with Gasteiger partial charge in [0, 0.05) is 52.2 Å². The van der Waals surface area contributed by atoms with Gasteiger partial charge in [-0.15, -0.1) is 0 Å². The number of carbonyl (C=O) groups excluding carboxylic acids is 1. The Hall–Kier alpha value is -2.57. The highest BCUT2D eigenvalue weighted by atomic mass is 16.2. The van der Waals surface area contributed by atoms with Crippen molar-refractivity contribution in [3.05, 3.63) is 46.9 Å². The van der Waals surface area contributed by atoms with E-state index >= 15 is 0 Å². The van der Waals surface area contributed by atoms with Gasteiger partial charge in [-0.05, 0) is 30.9 Å². The number of urea groups is 1. The van der Waals surface area contributed by atoms with Crippen molar-refractivity contribution in [2.75, 3.05) is 18.4 Å². The second-order valence-electron chi connectivity index (χ2n) is 6.38. The maximum Gasteiger partial charge on any atom is 0.322 e. The summed E-state index contributed by atoms with van der Waals surface area (Å²) in [4.78, 5) is 30.7. The Morgan fingerprint density at radius 2 is 2.17 bits per heavy atom. The maximum absolute atomic E-state index is 12.5. The highest BCUT2D eigenvalue weighted by molar-refractivity contribution is 5.89. The van der Waals surface area contributed by atoms with Gasteiger partial charge < -0.3 is 19.4 Å². The lowest BCUT2D eigenvalue weighted by Crippen LogP contribution is -2.43. The number of hydrogen-bond acceptors (Lipinski definition) is 3. The summed E-state index contributed by atoms with van der Waals surface area (Å²) in [5.74, 6) is 1.43. The number of hydrogen-bond donors (Lipinski definition) is 1. The lowest BCUT2D eigenvalue weighted by Gasteiger charge is -2.32. The van der Waals surface area contributed by atoms with Crippen LogP contribution in [0.25, 0.3) is 0 Å². The van der Waals surface area contributed by atoms with Crippen LogP contribution in [-0.4, -0.2) is 38.1 Å². The lowest BCUT2D eigenvalue weighted by atomic mass is 9.94. The Balaban J connectivity index is 1.64. The molecular weight excluding hydrogens is 306 g/mol. The van der Waals surface area contributed by atoms with Crippen LogP contribution in [0.1, 0.15) is 18.7 Å². The fourth-order valence-electron chi connectivity index (χ4n) is 3.15. The summed E-state index contributed by atoms with van der Waals surface area (Å²) in [6, 6.07) is 3.18. The van der Waals surface area contributed by atoms with Crippen LogP contribution >= 0.6 is 0 Å². The molecule has 0 saturated carbocycles. The molecule has 3 heterocycles. The van der Waals surface area contributed by atoms with Gasteiger partial charge in [0.1, 0.15) is 11.5 Å². The molecule has 1 aliphatic rings. The number of piperidine rings is 1. The molecule has 1 saturated heterocycles. The molecule has 0 unspecified atom stereocenters. The molecule has 1 N–H and O–H groups in total. The fraction of sp³-hybridized carbons (Fsp3) is 0.471. The molecule has 0 spiro atoms. The Bertz CT molecular complexity index is 779. The van der Waals surface area contributed by atoms with E-state index in [2.05, 4.69) is 10.3 Å². The van der Waals surface area contributed by atoms with Crippen molar-refractivity contribution < 1.29 is 4.79 Å². The number of aromatic nitrogens is 3. The first-order chi connectivity index (χ1) is 11.5. The van der Waals surface area contributed by atoms with Crippen molar-refractivity contribution in [3.8, 4) is 0 Å². The largest absolute Gasteiger partial charge is 0.338 e. The fourth-order valence-corrected chi connectivity index (χ4v) is 3.15. The van der Waals surface area contributed by atoms with Gasteiger partial charge in [0.15, 0.2) is 0 Å². The molecule has 0 aliphatic carbocycles. The van der Waals surface area contributed by atoms with Crippen LogP contribution in [0.2, 0.25) is 0 Å². The first-order valence-corrected chi connectivity index (χ1v) is 8.22. The predicted molar refractivity (Wildman–Crippen MR) is 91.9 cm³/mol. The molecule has 3 rings (SSSR count). The van der Waals surface area contributed by atoms with Gasteiger partial charge in [0.25, 0.3) is 5.56 Å². The molecule has 128 valence electrons. The zero-order valence-corrected chi connectivity index (χ0v) is 14.1. The quantitative estimate of drug-likeness (QED) is 0.930. The number of amides is 2. The van der Waals surface area contributed by atoms with Crippen LogP contribution < -0.4 is 10.9 Å². The molecule has 2 amide bonds. The van der Waals surface area contributed by atoms with E-state index in [4.69, 9.17) is 0 Å². The van der Waals surface area contributed by atoms with Gasteiger partial charge in [-0.2, -0.15) is 0 Å². The number of nitrogens with zero attached hydrogens (tertiary/aromatic N) is 4. The second kappa shape index (κ2) is 6.90. The highest BCUT2D eigenvalue weighted by Gasteiger charge is 2.25. The van der Waals surface area contributed by atoms with Crippen molar-refractivity contribution in [3.63, 3.8) is 0 Å². The minimum Gasteiger partial charge on any atom is -0.338 e. The van der Waals surface area contributed by atoms with Crippen LogP contribution in [0.5, 0.6) is 0 Å². The molecule has 7 heteroatoms. The molecule has 1 atom stereocenters. The minimum absolute atomic E-state index is 0.201. The zero-order chi connectivity index (χ0) is 17.1. The number of pyridine rings is 1. The van der Waals surface area contributed by atoms with E-state index in [0.29, 0.717) is 18.2 Å². The summed E-state index contributed by atoms with van der Waals surface area (Å²) in [5.41, 5.74) is 0.114. The molecular formula is C17H23N5O2. The third-order valence-corrected chi connectivity index (χ3v) is 4.56. The number of nitrogens with one attached hydrogen (secondary N) is 1. The Labute approximate surface area is 140 Å². The highest BCUT2D eigenvalue weighted by Crippen LogP contribution is 2.20. The summed E-state index contributed by atoms with van der Waals surface area (Å²) >= 11 is 0. The van der Waals surface area contributed by atoms with E-state index in [1.165, 1.54) is 4.57 Å². The maximum atomic E-state index is 12.5. The molecule has 1 fully saturated rings. The summed E-state index contributed by atoms with van der Waals surface area (Å²) in [7, 11) is 3.66. The normalized spacial score (nSPS) is 17.8. The lowest BCUT2D eigenvalue weighted by molar-refractivity contribution is 0.176. The average Bonchev–Trinajstić information content (AvgIpc) is 2.97. The number of imidazole rings is 1. The number of likely N-dealkylation sites (tertiary alicyclic amines) is 1. The number of rotatable bonds is 3. The molecule has 0 bridgehead atoms. The van der Waals surface area contributed by atoms with Crippen LogP contribution in [0.15, 0.2) is 35.5 Å². The van der Waals surface area contributed by atoms with E-state index in [9.17, 15) is 9.59 Å². The van der Waals surface area contributed by atoms with Crippen molar-refractivity contribution >= 4 is 11.7 Å². The van der Waals surface area contributed by atoms with Crippen molar-refractivity contribution in [2.45, 2.75) is 19.3 Å². The summed E-state index contributed by atoms with van der Waals surface area (Å²) in [5, 5.41) is 2.74. The van der Waals surface area contributed by atoms with Crippen LogP contribution in [0.4, 0.5) is 10.5 Å². The van der Waals surface area contributed by atoms with E-state index in [0.717, 1.165) is 31.6 Å². The topological polar surface area (TPSA) is 72.2 Å². The molecule has 1 aliphatic heterocycles. The molecule has 0 radical (unpaired) electrons. The van der Waals surface area contributed by atoms with Crippen LogP contribution in [0.3, 0.4) is 0 Å². The minimum atomic E-state index is -0.206. The predicted octanol–water partition coefficient (Wildman–Crippen LogP) is 1.61. The molecule has 7 nitrogen and oxygen atoms in total. The van der Waals surface area contributed by atoms with Gasteiger partial charge in [0.2, 0.25) is 0 Å². The molecule has 2 aromatic rings. The first-order valence-electron chi connectivity index (χ1n) is 8.22. The summed E-state index contributed by atoms with van der Waals surface area (Å²) in [6.07, 6.45) is 8.32. The van der Waals surface area contributed by atoms with Gasteiger partial charge in [-0.1, -0.05) is 0 Å². The Kier molecular flexibility index (Phi) is 4.69. The third kappa shape index (κ3) is 3.50. The molecule has 0 aromatic carbocycles. The Morgan fingerprint density at radius 3 is 2.92 bits per heavy atom. The SMILES string of the molecule is Cn1ccnc1C[C@@H]1CCCN(C(=O)Nc2cccn(C)c2=O)C1. The monoisotopic (exact) mass is 329 g/mol. The number of anilines is 1. The van der Waals surface area contributed by atoms with Crippen molar-refractivity contribution in [2.24, 2.45) is 20.0 Å². The smallest absolute Gasteiger partial charge is 0.322 e. The van der Waals surface area contributed by atoms with Crippen LogP contribution in [0, 0.1) is 5.92 Å². The van der Waals surface area contributed by atoms with Crippen molar-refractivity contribution in [1.82, 2.24) is 19.0 Å². The molecule has 24 heavy (non-hydrogen) atoms. The van der Waals surface area contributed by atoms with Gasteiger partial charge in [-0.3, -0.25) is 4.79 Å². The number of aryl methyl sites for hydroxylation is 2. The van der Waals surface area contributed by atoms with Gasteiger partial charge >= 0.3 is 6.03 Å². The zero-order valence-electron chi connectivity index (χ0n) is 14.1. The average molecular weight is 329 g/mol.